The molecule has 0 atom stereocenters. The van der Waals surface area contributed by atoms with Gasteiger partial charge in [0.1, 0.15) is 12.1 Å². The minimum Gasteiger partial charge on any atom is -0.472 e. The van der Waals surface area contributed by atoms with Crippen LogP contribution in [0.5, 0.6) is 0 Å². The van der Waals surface area contributed by atoms with Gasteiger partial charge in [0, 0.05) is 31.7 Å². The molecule has 3 rings (SSSR count). The van der Waals surface area contributed by atoms with Crippen LogP contribution in [0.3, 0.4) is 0 Å². The van der Waals surface area contributed by atoms with Crippen molar-refractivity contribution in [2.24, 2.45) is 11.7 Å². The Balaban J connectivity index is 1.76. The summed E-state index contributed by atoms with van der Waals surface area (Å²) in [4.78, 5) is 42.3. The van der Waals surface area contributed by atoms with Crippen LogP contribution in [0, 0.1) is 5.92 Å². The van der Waals surface area contributed by atoms with E-state index in [1.807, 2.05) is 6.07 Å². The lowest BCUT2D eigenvalue weighted by Gasteiger charge is -2.42. The first-order chi connectivity index (χ1) is 12.8. The van der Waals surface area contributed by atoms with Crippen molar-refractivity contribution in [3.05, 3.63) is 24.2 Å². The molecule has 3 heterocycles. The molecular formula is C19H28N4O4. The van der Waals surface area contributed by atoms with Crippen molar-refractivity contribution in [3.8, 4) is 0 Å². The number of rotatable bonds is 7. The van der Waals surface area contributed by atoms with Crippen molar-refractivity contribution >= 4 is 17.8 Å². The van der Waals surface area contributed by atoms with E-state index in [2.05, 4.69) is 18.7 Å². The molecule has 0 saturated carbocycles. The van der Waals surface area contributed by atoms with E-state index in [1.54, 1.807) is 17.4 Å². The van der Waals surface area contributed by atoms with Crippen LogP contribution >= 0.6 is 0 Å². The van der Waals surface area contributed by atoms with Gasteiger partial charge in [-0.1, -0.05) is 13.8 Å². The summed E-state index contributed by atoms with van der Waals surface area (Å²) in [6.07, 6.45) is 5.29. The van der Waals surface area contributed by atoms with Crippen molar-refractivity contribution in [3.63, 3.8) is 0 Å². The minimum atomic E-state index is -0.853. The molecule has 2 aliphatic heterocycles. The predicted molar refractivity (Wildman–Crippen MR) is 98.4 cm³/mol. The highest BCUT2D eigenvalue weighted by molar-refractivity contribution is 6.09. The molecule has 0 aliphatic carbocycles. The number of piperidine rings is 1. The average molecular weight is 376 g/mol. The highest BCUT2D eigenvalue weighted by atomic mass is 16.3. The number of primary amides is 1. The largest absolute Gasteiger partial charge is 0.472 e. The Kier molecular flexibility index (Phi) is 5.55. The number of carbonyl (C=O) groups excluding carboxylic acids is 3. The van der Waals surface area contributed by atoms with E-state index in [0.29, 0.717) is 38.4 Å². The summed E-state index contributed by atoms with van der Waals surface area (Å²) >= 11 is 0. The topological polar surface area (TPSA) is 100 Å². The van der Waals surface area contributed by atoms with Gasteiger partial charge >= 0.3 is 6.03 Å². The zero-order valence-electron chi connectivity index (χ0n) is 16.0. The molecule has 2 aliphatic rings. The first-order valence-corrected chi connectivity index (χ1v) is 9.49. The predicted octanol–water partition coefficient (Wildman–Crippen LogP) is 1.41. The summed E-state index contributed by atoms with van der Waals surface area (Å²) in [6, 6.07) is 1.54. The van der Waals surface area contributed by atoms with Crippen molar-refractivity contribution in [1.82, 2.24) is 14.7 Å². The molecule has 2 saturated heterocycles. The molecule has 8 nitrogen and oxygen atoms in total. The fraction of sp³-hybridized carbons (Fsp3) is 0.632. The van der Waals surface area contributed by atoms with E-state index in [9.17, 15) is 14.4 Å². The summed E-state index contributed by atoms with van der Waals surface area (Å²) in [5.41, 5.74) is 5.50. The lowest BCUT2D eigenvalue weighted by molar-refractivity contribution is -0.137. The Morgan fingerprint density at radius 3 is 2.56 bits per heavy atom. The lowest BCUT2D eigenvalue weighted by atomic mass is 9.85. The van der Waals surface area contributed by atoms with E-state index in [4.69, 9.17) is 10.2 Å². The zero-order valence-corrected chi connectivity index (χ0v) is 16.0. The Labute approximate surface area is 159 Å². The standard InChI is InChI=1S/C19H28N4O4/c1-14(2)3-7-23-18(26)22(12-16(20)24)17(25)19(23)5-8-21(9-6-19)11-15-4-10-27-13-15/h4,10,13-14H,3,5-9,11-12H2,1-2H3,(H2,20,24). The van der Waals surface area contributed by atoms with Crippen molar-refractivity contribution in [2.45, 2.75) is 45.2 Å². The number of urea groups is 1. The number of nitrogens with zero attached hydrogens (tertiary/aromatic N) is 3. The lowest BCUT2D eigenvalue weighted by Crippen LogP contribution is -2.56. The van der Waals surface area contributed by atoms with E-state index in [0.717, 1.165) is 23.4 Å². The molecule has 2 fully saturated rings. The summed E-state index contributed by atoms with van der Waals surface area (Å²) in [5, 5.41) is 0. The molecule has 0 radical (unpaired) electrons. The van der Waals surface area contributed by atoms with Crippen LogP contribution in [0.4, 0.5) is 4.79 Å². The van der Waals surface area contributed by atoms with Crippen LogP contribution in [0.1, 0.15) is 38.7 Å². The third kappa shape index (κ3) is 3.85. The Bertz CT molecular complexity index is 693. The fourth-order valence-electron chi connectivity index (χ4n) is 3.98. The molecule has 0 aromatic carbocycles. The quantitative estimate of drug-likeness (QED) is 0.725. The van der Waals surface area contributed by atoms with Crippen LogP contribution < -0.4 is 5.73 Å². The average Bonchev–Trinajstić information content (AvgIpc) is 3.18. The van der Waals surface area contributed by atoms with Gasteiger partial charge in [-0.3, -0.25) is 19.4 Å². The highest BCUT2D eigenvalue weighted by Crippen LogP contribution is 2.38. The van der Waals surface area contributed by atoms with Gasteiger partial charge in [-0.2, -0.15) is 0 Å². The maximum Gasteiger partial charge on any atom is 0.328 e. The molecule has 2 N–H and O–H groups in total. The molecular weight excluding hydrogens is 348 g/mol. The molecule has 148 valence electrons. The summed E-state index contributed by atoms with van der Waals surface area (Å²) < 4.78 is 5.12. The van der Waals surface area contributed by atoms with E-state index in [1.165, 1.54) is 0 Å². The van der Waals surface area contributed by atoms with Crippen LogP contribution in [0.2, 0.25) is 0 Å². The van der Waals surface area contributed by atoms with Crippen molar-refractivity contribution in [2.75, 3.05) is 26.2 Å². The Hall–Kier alpha value is -2.35. The van der Waals surface area contributed by atoms with Gasteiger partial charge in [0.05, 0.1) is 12.5 Å². The highest BCUT2D eigenvalue weighted by Gasteiger charge is 2.57. The second-order valence-electron chi connectivity index (χ2n) is 7.91. The third-order valence-electron chi connectivity index (χ3n) is 5.54. The van der Waals surface area contributed by atoms with E-state index in [-0.39, 0.29) is 18.5 Å². The monoisotopic (exact) mass is 376 g/mol. The fourth-order valence-corrected chi connectivity index (χ4v) is 3.98. The Morgan fingerprint density at radius 2 is 2.00 bits per heavy atom. The molecule has 0 unspecified atom stereocenters. The van der Waals surface area contributed by atoms with Crippen LogP contribution in [0.15, 0.2) is 23.0 Å². The minimum absolute atomic E-state index is 0.280. The number of hydrogen-bond donors (Lipinski definition) is 1. The molecule has 0 bridgehead atoms. The number of nitrogens with two attached hydrogens (primary N) is 1. The van der Waals surface area contributed by atoms with Crippen LogP contribution in [-0.2, 0) is 16.1 Å². The summed E-state index contributed by atoms with van der Waals surface area (Å²) in [5.74, 6) is -0.538. The SMILES string of the molecule is CC(C)CCN1C(=O)N(CC(N)=O)C(=O)C12CCN(Cc1ccoc1)CC2. The normalized spacial score (nSPS) is 20.3. The van der Waals surface area contributed by atoms with Gasteiger partial charge in [0.15, 0.2) is 0 Å². The molecule has 8 heteroatoms. The van der Waals surface area contributed by atoms with Crippen molar-refractivity contribution in [1.29, 1.82) is 0 Å². The first kappa shape index (κ1) is 19.4. The smallest absolute Gasteiger partial charge is 0.328 e. The Morgan fingerprint density at radius 1 is 1.30 bits per heavy atom. The van der Waals surface area contributed by atoms with E-state index >= 15 is 0 Å². The maximum absolute atomic E-state index is 13.1. The maximum atomic E-state index is 13.1. The first-order valence-electron chi connectivity index (χ1n) is 9.49. The van der Waals surface area contributed by atoms with Crippen LogP contribution in [0.25, 0.3) is 0 Å². The second-order valence-corrected chi connectivity index (χ2v) is 7.91. The number of furan rings is 1. The zero-order chi connectivity index (χ0) is 19.6. The summed E-state index contributed by atoms with van der Waals surface area (Å²) in [7, 11) is 0. The number of imide groups is 1. The van der Waals surface area contributed by atoms with Gasteiger partial charge in [-0.15, -0.1) is 0 Å². The number of amides is 4. The molecule has 1 aromatic rings. The van der Waals surface area contributed by atoms with Gasteiger partial charge in [0.25, 0.3) is 5.91 Å². The van der Waals surface area contributed by atoms with Crippen LogP contribution in [-0.4, -0.2) is 64.3 Å². The van der Waals surface area contributed by atoms with Crippen molar-refractivity contribution < 1.29 is 18.8 Å². The number of likely N-dealkylation sites (tertiary alicyclic amines) is 1. The number of hydrogen-bond acceptors (Lipinski definition) is 5. The van der Waals surface area contributed by atoms with Gasteiger partial charge in [-0.25, -0.2) is 4.79 Å². The molecule has 1 spiro atoms. The van der Waals surface area contributed by atoms with Gasteiger partial charge < -0.3 is 15.1 Å². The van der Waals surface area contributed by atoms with Gasteiger partial charge in [-0.05, 0) is 31.2 Å². The molecule has 1 aromatic heterocycles. The number of carbonyl (C=O) groups is 3. The molecule has 4 amide bonds. The van der Waals surface area contributed by atoms with E-state index < -0.39 is 11.4 Å². The second kappa shape index (κ2) is 7.72. The summed E-state index contributed by atoms with van der Waals surface area (Å²) in [6.45, 7) is 6.49. The molecule has 27 heavy (non-hydrogen) atoms. The van der Waals surface area contributed by atoms with Gasteiger partial charge in [0.2, 0.25) is 5.91 Å². The third-order valence-corrected chi connectivity index (χ3v) is 5.54.